The molecule has 1 nitrogen and oxygen atoms in total. The van der Waals surface area contributed by atoms with Crippen molar-refractivity contribution in [2.24, 2.45) is 11.1 Å². The molecule has 0 spiro atoms. The van der Waals surface area contributed by atoms with Gasteiger partial charge in [-0.15, -0.1) is 12.4 Å². The first-order valence-corrected chi connectivity index (χ1v) is 3.86. The van der Waals surface area contributed by atoms with Gasteiger partial charge in [0.25, 0.3) is 0 Å². The third-order valence-electron chi connectivity index (χ3n) is 2.04. The van der Waals surface area contributed by atoms with Gasteiger partial charge in [0.05, 0.1) is 0 Å². The van der Waals surface area contributed by atoms with Crippen molar-refractivity contribution in [3.63, 3.8) is 0 Å². The smallest absolute Gasteiger partial charge is 0.249 e. The van der Waals surface area contributed by atoms with Gasteiger partial charge in [0.1, 0.15) is 0 Å². The standard InChI is InChI=1S/C6H11F2NS.ClH/c7-6(8)1-5(2-6,3-9)4-10;/h10H,1-4,9H2;1H. The Bertz CT molecular complexity index is 129. The minimum atomic E-state index is -2.47. The summed E-state index contributed by atoms with van der Waals surface area (Å²) in [4.78, 5) is 0. The Kier molecular flexibility index (Phi) is 3.60. The van der Waals surface area contributed by atoms with Crippen LogP contribution in [-0.4, -0.2) is 18.2 Å². The lowest BCUT2D eigenvalue weighted by molar-refractivity contribution is -0.147. The van der Waals surface area contributed by atoms with Gasteiger partial charge in [-0.2, -0.15) is 12.6 Å². The van der Waals surface area contributed by atoms with E-state index in [1.54, 1.807) is 0 Å². The van der Waals surface area contributed by atoms with E-state index in [1.807, 2.05) is 0 Å². The Labute approximate surface area is 76.5 Å². The lowest BCUT2D eigenvalue weighted by Gasteiger charge is -2.45. The molecule has 0 amide bonds. The summed E-state index contributed by atoms with van der Waals surface area (Å²) in [5, 5.41) is 0. The quantitative estimate of drug-likeness (QED) is 0.657. The Morgan fingerprint density at radius 3 is 1.91 bits per heavy atom. The largest absolute Gasteiger partial charge is 0.330 e. The molecule has 1 saturated carbocycles. The number of nitrogens with two attached hydrogens (primary N) is 1. The van der Waals surface area contributed by atoms with E-state index in [0.717, 1.165) is 0 Å². The van der Waals surface area contributed by atoms with Crippen LogP contribution in [0, 0.1) is 5.41 Å². The Morgan fingerprint density at radius 2 is 1.82 bits per heavy atom. The van der Waals surface area contributed by atoms with Crippen LogP contribution in [0.3, 0.4) is 0 Å². The Morgan fingerprint density at radius 1 is 1.36 bits per heavy atom. The summed E-state index contributed by atoms with van der Waals surface area (Å²) in [7, 11) is 0. The molecule has 0 aromatic carbocycles. The molecule has 0 heterocycles. The first-order valence-electron chi connectivity index (χ1n) is 3.22. The van der Waals surface area contributed by atoms with E-state index in [1.165, 1.54) is 0 Å². The molecule has 1 fully saturated rings. The summed E-state index contributed by atoms with van der Waals surface area (Å²) in [6, 6.07) is 0. The maximum Gasteiger partial charge on any atom is 0.249 e. The van der Waals surface area contributed by atoms with Crippen molar-refractivity contribution in [1.82, 2.24) is 0 Å². The third kappa shape index (κ3) is 2.20. The van der Waals surface area contributed by atoms with E-state index in [0.29, 0.717) is 12.3 Å². The summed E-state index contributed by atoms with van der Waals surface area (Å²) in [6.07, 6.45) is -0.167. The van der Waals surface area contributed by atoms with Gasteiger partial charge in [-0.1, -0.05) is 0 Å². The number of halogens is 3. The highest BCUT2D eigenvalue weighted by Gasteiger charge is 2.54. The zero-order valence-electron chi connectivity index (χ0n) is 6.02. The second-order valence-electron chi connectivity index (χ2n) is 3.07. The lowest BCUT2D eigenvalue weighted by Crippen LogP contribution is -2.51. The van der Waals surface area contributed by atoms with Crippen LogP contribution in [0.25, 0.3) is 0 Å². The van der Waals surface area contributed by atoms with Gasteiger partial charge in [0.15, 0.2) is 0 Å². The zero-order valence-corrected chi connectivity index (χ0v) is 7.73. The molecule has 1 aliphatic rings. The molecule has 0 atom stereocenters. The fourth-order valence-corrected chi connectivity index (χ4v) is 1.72. The Hall–Kier alpha value is 0.460. The topological polar surface area (TPSA) is 26.0 Å². The summed E-state index contributed by atoms with van der Waals surface area (Å²) >= 11 is 3.98. The van der Waals surface area contributed by atoms with E-state index in [2.05, 4.69) is 12.6 Å². The molecule has 5 heteroatoms. The Balaban J connectivity index is 0.000001000. The van der Waals surface area contributed by atoms with Gasteiger partial charge in [0.2, 0.25) is 5.92 Å². The molecule has 0 radical (unpaired) electrons. The van der Waals surface area contributed by atoms with Crippen LogP contribution in [0.5, 0.6) is 0 Å². The van der Waals surface area contributed by atoms with Crippen LogP contribution in [-0.2, 0) is 0 Å². The molecule has 68 valence electrons. The van der Waals surface area contributed by atoms with Crippen LogP contribution >= 0.6 is 25.0 Å². The first-order chi connectivity index (χ1) is 4.54. The van der Waals surface area contributed by atoms with Crippen LogP contribution < -0.4 is 5.73 Å². The zero-order chi connectivity index (χ0) is 7.83. The van der Waals surface area contributed by atoms with E-state index in [-0.39, 0.29) is 30.7 Å². The van der Waals surface area contributed by atoms with E-state index < -0.39 is 5.92 Å². The molecule has 0 unspecified atom stereocenters. The van der Waals surface area contributed by atoms with Gasteiger partial charge >= 0.3 is 0 Å². The summed E-state index contributed by atoms with van der Waals surface area (Å²) in [6.45, 7) is 0.325. The number of alkyl halides is 2. The summed E-state index contributed by atoms with van der Waals surface area (Å²) in [5.41, 5.74) is 4.95. The molecular formula is C6H12ClF2NS. The van der Waals surface area contributed by atoms with Crippen molar-refractivity contribution in [1.29, 1.82) is 0 Å². The molecule has 1 aliphatic carbocycles. The second-order valence-corrected chi connectivity index (χ2v) is 3.39. The van der Waals surface area contributed by atoms with Crippen LogP contribution in [0.1, 0.15) is 12.8 Å². The van der Waals surface area contributed by atoms with Crippen molar-refractivity contribution in [2.75, 3.05) is 12.3 Å². The highest BCUT2D eigenvalue weighted by molar-refractivity contribution is 7.80. The highest BCUT2D eigenvalue weighted by Crippen LogP contribution is 2.51. The van der Waals surface area contributed by atoms with Gasteiger partial charge in [0, 0.05) is 18.3 Å². The molecule has 0 aromatic heterocycles. The lowest BCUT2D eigenvalue weighted by atomic mass is 9.67. The first kappa shape index (κ1) is 11.5. The number of hydrogen-bond acceptors (Lipinski definition) is 2. The predicted molar refractivity (Wildman–Crippen MR) is 46.8 cm³/mol. The maximum absolute atomic E-state index is 12.3. The van der Waals surface area contributed by atoms with E-state index in [4.69, 9.17) is 5.73 Å². The normalized spacial score (nSPS) is 25.1. The van der Waals surface area contributed by atoms with Gasteiger partial charge in [-0.3, -0.25) is 0 Å². The number of hydrogen-bond donors (Lipinski definition) is 2. The van der Waals surface area contributed by atoms with Crippen molar-refractivity contribution in [2.45, 2.75) is 18.8 Å². The highest BCUT2D eigenvalue weighted by atomic mass is 35.5. The van der Waals surface area contributed by atoms with Crippen molar-refractivity contribution < 1.29 is 8.78 Å². The second kappa shape index (κ2) is 3.46. The average Bonchev–Trinajstić information content (AvgIpc) is 1.82. The van der Waals surface area contributed by atoms with Gasteiger partial charge in [-0.25, -0.2) is 8.78 Å². The predicted octanol–water partition coefficient (Wildman–Crippen LogP) is 1.71. The minimum Gasteiger partial charge on any atom is -0.330 e. The fraction of sp³-hybridized carbons (Fsp3) is 1.00. The number of rotatable bonds is 2. The number of thiol groups is 1. The van der Waals surface area contributed by atoms with Crippen molar-refractivity contribution >= 4 is 25.0 Å². The average molecular weight is 204 g/mol. The van der Waals surface area contributed by atoms with Crippen LogP contribution in [0.2, 0.25) is 0 Å². The van der Waals surface area contributed by atoms with Crippen LogP contribution in [0.15, 0.2) is 0 Å². The van der Waals surface area contributed by atoms with Gasteiger partial charge < -0.3 is 5.73 Å². The molecule has 2 N–H and O–H groups in total. The minimum absolute atomic E-state index is 0. The molecule has 1 rings (SSSR count). The van der Waals surface area contributed by atoms with E-state index >= 15 is 0 Å². The monoisotopic (exact) mass is 203 g/mol. The molecule has 11 heavy (non-hydrogen) atoms. The molecule has 0 aromatic rings. The van der Waals surface area contributed by atoms with Crippen molar-refractivity contribution in [3.05, 3.63) is 0 Å². The molecule has 0 saturated heterocycles. The van der Waals surface area contributed by atoms with Crippen molar-refractivity contribution in [3.8, 4) is 0 Å². The molecule has 0 bridgehead atoms. The molecular weight excluding hydrogens is 192 g/mol. The maximum atomic E-state index is 12.3. The third-order valence-corrected chi connectivity index (χ3v) is 2.71. The summed E-state index contributed by atoms with van der Waals surface area (Å²) < 4.78 is 24.6. The fourth-order valence-electron chi connectivity index (χ4n) is 1.37. The van der Waals surface area contributed by atoms with E-state index in [9.17, 15) is 8.78 Å². The van der Waals surface area contributed by atoms with Gasteiger partial charge in [-0.05, 0) is 12.3 Å². The molecule has 0 aliphatic heterocycles. The van der Waals surface area contributed by atoms with Crippen LogP contribution in [0.4, 0.5) is 8.78 Å². The summed E-state index contributed by atoms with van der Waals surface area (Å²) in [5.74, 6) is -2.00. The SMILES string of the molecule is Cl.NCC1(CS)CC(F)(F)C1.